The number of carboxylic acids is 1. The first-order valence-corrected chi connectivity index (χ1v) is 9.01. The number of para-hydroxylation sites is 1. The third kappa shape index (κ3) is 3.67. The van der Waals surface area contributed by atoms with Gasteiger partial charge in [0.2, 0.25) is 0 Å². The number of hydrogen-bond acceptors (Lipinski definition) is 6. The van der Waals surface area contributed by atoms with Crippen LogP contribution in [0.2, 0.25) is 0 Å². The monoisotopic (exact) mass is 401 g/mol. The second-order valence-electron chi connectivity index (χ2n) is 5.45. The Morgan fingerprint density at radius 2 is 1.85 bits per heavy atom. The number of methoxy groups -OCH3 is 2. The van der Waals surface area contributed by atoms with Gasteiger partial charge in [0.05, 0.1) is 30.4 Å². The van der Waals surface area contributed by atoms with Gasteiger partial charge in [-0.05, 0) is 36.4 Å². The van der Waals surface area contributed by atoms with E-state index in [1.807, 2.05) is 6.07 Å². The van der Waals surface area contributed by atoms with E-state index < -0.39 is 5.97 Å². The molecule has 27 heavy (non-hydrogen) atoms. The highest BCUT2D eigenvalue weighted by Gasteiger charge is 2.33. The van der Waals surface area contributed by atoms with Crippen LogP contribution in [-0.2, 0) is 4.79 Å². The number of carboxylic acid groups (broad SMARTS) is 1. The Hall–Kier alpha value is -2.84. The summed E-state index contributed by atoms with van der Waals surface area (Å²) in [5.74, 6) is -0.225. The number of carbonyl (C=O) groups is 2. The van der Waals surface area contributed by atoms with Gasteiger partial charge in [-0.1, -0.05) is 36.1 Å². The Kier molecular flexibility index (Phi) is 5.48. The SMILES string of the molecule is COc1cccc(C=C2SC(=S)N(c3ccc(C(=O)O)cc3)C2=O)c1OC. The lowest BCUT2D eigenvalue weighted by Gasteiger charge is -2.14. The molecule has 8 heteroatoms. The number of anilines is 1. The molecule has 1 saturated heterocycles. The van der Waals surface area contributed by atoms with Crippen molar-refractivity contribution < 1.29 is 24.2 Å². The molecule has 0 saturated carbocycles. The number of carbonyl (C=O) groups excluding carboxylic acids is 1. The van der Waals surface area contributed by atoms with Crippen molar-refractivity contribution in [2.75, 3.05) is 19.1 Å². The molecule has 0 radical (unpaired) electrons. The van der Waals surface area contributed by atoms with Crippen LogP contribution in [0, 0.1) is 0 Å². The van der Waals surface area contributed by atoms with Crippen molar-refractivity contribution in [1.29, 1.82) is 0 Å². The second kappa shape index (κ2) is 7.81. The van der Waals surface area contributed by atoms with E-state index in [1.54, 1.807) is 37.5 Å². The molecular weight excluding hydrogens is 386 g/mol. The first-order valence-electron chi connectivity index (χ1n) is 7.78. The first-order chi connectivity index (χ1) is 13.0. The van der Waals surface area contributed by atoms with Crippen LogP contribution in [0.5, 0.6) is 11.5 Å². The number of benzene rings is 2. The molecule has 2 aromatic rings. The van der Waals surface area contributed by atoms with Crippen molar-refractivity contribution in [3.8, 4) is 11.5 Å². The van der Waals surface area contributed by atoms with Crippen molar-refractivity contribution in [2.45, 2.75) is 0 Å². The van der Waals surface area contributed by atoms with Gasteiger partial charge in [-0.15, -0.1) is 0 Å². The maximum absolute atomic E-state index is 12.9. The Morgan fingerprint density at radius 1 is 1.15 bits per heavy atom. The number of nitrogens with zero attached hydrogens (tertiary/aromatic N) is 1. The number of thioether (sulfide) groups is 1. The van der Waals surface area contributed by atoms with Gasteiger partial charge in [0.25, 0.3) is 5.91 Å². The van der Waals surface area contributed by atoms with Crippen molar-refractivity contribution in [3.63, 3.8) is 0 Å². The smallest absolute Gasteiger partial charge is 0.335 e. The summed E-state index contributed by atoms with van der Waals surface area (Å²) < 4.78 is 11.0. The van der Waals surface area contributed by atoms with E-state index in [9.17, 15) is 9.59 Å². The summed E-state index contributed by atoms with van der Waals surface area (Å²) in [6.07, 6.45) is 1.70. The average Bonchev–Trinajstić information content (AvgIpc) is 2.94. The van der Waals surface area contributed by atoms with Crippen LogP contribution in [0.25, 0.3) is 6.08 Å². The van der Waals surface area contributed by atoms with Crippen LogP contribution < -0.4 is 14.4 Å². The minimum Gasteiger partial charge on any atom is -0.493 e. The van der Waals surface area contributed by atoms with Gasteiger partial charge >= 0.3 is 5.97 Å². The summed E-state index contributed by atoms with van der Waals surface area (Å²) in [6.45, 7) is 0. The number of hydrogen-bond donors (Lipinski definition) is 1. The molecule has 1 aliphatic heterocycles. The second-order valence-corrected chi connectivity index (χ2v) is 7.13. The van der Waals surface area contributed by atoms with Crippen molar-refractivity contribution in [3.05, 3.63) is 58.5 Å². The average molecular weight is 401 g/mol. The van der Waals surface area contributed by atoms with Gasteiger partial charge in [-0.3, -0.25) is 9.69 Å². The maximum Gasteiger partial charge on any atom is 0.335 e. The van der Waals surface area contributed by atoms with Crippen molar-refractivity contribution >= 4 is 51.9 Å². The van der Waals surface area contributed by atoms with E-state index >= 15 is 0 Å². The van der Waals surface area contributed by atoms with E-state index in [4.69, 9.17) is 26.8 Å². The van der Waals surface area contributed by atoms with Crippen LogP contribution in [-0.4, -0.2) is 35.5 Å². The molecule has 0 aliphatic carbocycles. The van der Waals surface area contributed by atoms with Gasteiger partial charge in [-0.25, -0.2) is 4.79 Å². The highest BCUT2D eigenvalue weighted by atomic mass is 32.2. The van der Waals surface area contributed by atoms with Crippen LogP contribution in [0.3, 0.4) is 0 Å². The molecular formula is C19H15NO5S2. The topological polar surface area (TPSA) is 76.1 Å². The molecule has 3 rings (SSSR count). The predicted octanol–water partition coefficient (Wildman–Crippen LogP) is 3.81. The predicted molar refractivity (Wildman–Crippen MR) is 109 cm³/mol. The zero-order valence-corrected chi connectivity index (χ0v) is 16.1. The molecule has 2 aromatic carbocycles. The molecule has 1 heterocycles. The number of thiocarbonyl (C=S) groups is 1. The van der Waals surface area contributed by atoms with E-state index in [2.05, 4.69) is 0 Å². The summed E-state index contributed by atoms with van der Waals surface area (Å²) in [5, 5.41) is 9.00. The first kappa shape index (κ1) is 18.9. The minimum absolute atomic E-state index is 0.140. The summed E-state index contributed by atoms with van der Waals surface area (Å²) in [4.78, 5) is 25.7. The molecule has 138 valence electrons. The summed E-state index contributed by atoms with van der Waals surface area (Å²) in [7, 11) is 3.08. The maximum atomic E-state index is 12.9. The summed E-state index contributed by atoms with van der Waals surface area (Å²) in [6, 6.07) is 11.4. The molecule has 1 N–H and O–H groups in total. The van der Waals surface area contributed by atoms with Crippen LogP contribution in [0.15, 0.2) is 47.4 Å². The number of rotatable bonds is 5. The van der Waals surface area contributed by atoms with Crippen LogP contribution in [0.4, 0.5) is 5.69 Å². The number of aromatic carboxylic acids is 1. The largest absolute Gasteiger partial charge is 0.493 e. The van der Waals surface area contributed by atoms with Crippen LogP contribution >= 0.6 is 24.0 Å². The van der Waals surface area contributed by atoms with E-state index in [0.717, 1.165) is 0 Å². The van der Waals surface area contributed by atoms with E-state index in [-0.39, 0.29) is 11.5 Å². The molecule has 0 aromatic heterocycles. The zero-order chi connectivity index (χ0) is 19.6. The Balaban J connectivity index is 1.95. The van der Waals surface area contributed by atoms with Gasteiger partial charge in [0.1, 0.15) is 0 Å². The van der Waals surface area contributed by atoms with Crippen molar-refractivity contribution in [2.24, 2.45) is 0 Å². The summed E-state index contributed by atoms with van der Waals surface area (Å²) in [5.41, 5.74) is 1.35. The fourth-order valence-electron chi connectivity index (χ4n) is 2.61. The zero-order valence-electron chi connectivity index (χ0n) is 14.5. The molecule has 0 unspecified atom stereocenters. The molecule has 6 nitrogen and oxygen atoms in total. The van der Waals surface area contributed by atoms with Gasteiger partial charge in [-0.2, -0.15) is 0 Å². The quantitative estimate of drug-likeness (QED) is 0.603. The highest BCUT2D eigenvalue weighted by Crippen LogP contribution is 2.39. The normalized spacial score (nSPS) is 15.3. The number of amides is 1. The van der Waals surface area contributed by atoms with Gasteiger partial charge < -0.3 is 14.6 Å². The van der Waals surface area contributed by atoms with E-state index in [1.165, 1.54) is 35.9 Å². The molecule has 0 spiro atoms. The number of ether oxygens (including phenoxy) is 2. The van der Waals surface area contributed by atoms with Gasteiger partial charge in [0, 0.05) is 5.56 Å². The summed E-state index contributed by atoms with van der Waals surface area (Å²) >= 11 is 6.51. The fourth-order valence-corrected chi connectivity index (χ4v) is 3.90. The standard InChI is InChI=1S/C19H15NO5S2/c1-24-14-5-3-4-12(16(14)25-2)10-15-17(21)20(19(26)27-15)13-8-6-11(7-9-13)18(22)23/h3-10H,1-2H3,(H,22,23). The Bertz CT molecular complexity index is 953. The Labute approximate surface area is 165 Å². The molecule has 0 atom stereocenters. The minimum atomic E-state index is -1.03. The lowest BCUT2D eigenvalue weighted by Crippen LogP contribution is -2.27. The molecule has 1 aliphatic rings. The third-order valence-electron chi connectivity index (χ3n) is 3.89. The molecule has 1 fully saturated rings. The molecule has 1 amide bonds. The third-order valence-corrected chi connectivity index (χ3v) is 5.19. The molecule has 0 bridgehead atoms. The fraction of sp³-hybridized carbons (Fsp3) is 0.105. The highest BCUT2D eigenvalue weighted by molar-refractivity contribution is 8.27. The van der Waals surface area contributed by atoms with Crippen molar-refractivity contribution in [1.82, 2.24) is 0 Å². The lowest BCUT2D eigenvalue weighted by atomic mass is 10.1. The Morgan fingerprint density at radius 3 is 2.44 bits per heavy atom. The van der Waals surface area contributed by atoms with E-state index in [0.29, 0.717) is 32.0 Å². The van der Waals surface area contributed by atoms with Crippen LogP contribution in [0.1, 0.15) is 15.9 Å². The van der Waals surface area contributed by atoms with Gasteiger partial charge in [0.15, 0.2) is 15.8 Å². The lowest BCUT2D eigenvalue weighted by molar-refractivity contribution is -0.113.